The molecule has 18 heavy (non-hydrogen) atoms. The Morgan fingerprint density at radius 2 is 2.06 bits per heavy atom. The van der Waals surface area contributed by atoms with Gasteiger partial charge in [-0.25, -0.2) is 4.68 Å². The quantitative estimate of drug-likeness (QED) is 0.611. The van der Waals surface area contributed by atoms with Crippen molar-refractivity contribution in [2.45, 2.75) is 51.1 Å². The number of hydrogen-bond donors (Lipinski definition) is 1. The molecule has 0 saturated heterocycles. The van der Waals surface area contributed by atoms with Crippen molar-refractivity contribution in [2.24, 2.45) is 0 Å². The molecule has 102 valence electrons. The maximum Gasteiger partial charge on any atom is 0.165 e. The highest BCUT2D eigenvalue weighted by atomic mass is 16.5. The van der Waals surface area contributed by atoms with Crippen LogP contribution in [0.5, 0.6) is 0 Å². The van der Waals surface area contributed by atoms with E-state index < -0.39 is 0 Å². The van der Waals surface area contributed by atoms with Gasteiger partial charge in [0.25, 0.3) is 0 Å². The lowest BCUT2D eigenvalue weighted by atomic mass is 10.1. The first-order valence-corrected chi connectivity index (χ1v) is 6.88. The minimum atomic E-state index is 0.488. The average Bonchev–Trinajstić information content (AvgIpc) is 2.68. The summed E-state index contributed by atoms with van der Waals surface area (Å²) >= 11 is 0. The molecular weight excluding hydrogens is 230 g/mol. The van der Waals surface area contributed by atoms with Gasteiger partial charge in [-0.05, 0) is 23.3 Å². The van der Waals surface area contributed by atoms with E-state index in [1.165, 1.54) is 38.5 Å². The van der Waals surface area contributed by atoms with Crippen LogP contribution in [0, 0.1) is 0 Å². The van der Waals surface area contributed by atoms with Crippen LogP contribution in [0.4, 0.5) is 0 Å². The van der Waals surface area contributed by atoms with Crippen LogP contribution in [0.2, 0.25) is 0 Å². The number of nitrogens with one attached hydrogen (secondary N) is 1. The molecule has 6 heteroatoms. The third-order valence-corrected chi connectivity index (χ3v) is 3.50. The Kier molecular flexibility index (Phi) is 5.54. The Balaban J connectivity index is 1.89. The van der Waals surface area contributed by atoms with Gasteiger partial charge in [-0.2, -0.15) is 0 Å². The van der Waals surface area contributed by atoms with Gasteiger partial charge in [0, 0.05) is 13.7 Å². The first-order chi connectivity index (χ1) is 8.92. The highest BCUT2D eigenvalue weighted by Gasteiger charge is 2.18. The molecule has 0 aromatic carbocycles. The van der Waals surface area contributed by atoms with Gasteiger partial charge in [-0.15, -0.1) is 5.10 Å². The molecule has 0 radical (unpaired) electrons. The van der Waals surface area contributed by atoms with Crippen molar-refractivity contribution in [3.63, 3.8) is 0 Å². The van der Waals surface area contributed by atoms with Crippen molar-refractivity contribution in [1.29, 1.82) is 0 Å². The molecule has 1 aromatic rings. The SMILES string of the molecule is COCCNCc1nnnn1C1CCCCCC1. The number of nitrogens with zero attached hydrogens (tertiary/aromatic N) is 4. The topological polar surface area (TPSA) is 64.9 Å². The Morgan fingerprint density at radius 3 is 2.78 bits per heavy atom. The molecule has 1 N–H and O–H groups in total. The van der Waals surface area contributed by atoms with E-state index in [2.05, 4.69) is 20.8 Å². The third-order valence-electron chi connectivity index (χ3n) is 3.50. The summed E-state index contributed by atoms with van der Waals surface area (Å²) in [6.45, 7) is 2.26. The molecule has 0 unspecified atom stereocenters. The van der Waals surface area contributed by atoms with Crippen LogP contribution in [0.15, 0.2) is 0 Å². The van der Waals surface area contributed by atoms with Crippen LogP contribution >= 0.6 is 0 Å². The predicted octanol–water partition coefficient (Wildman–Crippen LogP) is 1.30. The van der Waals surface area contributed by atoms with Crippen molar-refractivity contribution in [3.8, 4) is 0 Å². The minimum absolute atomic E-state index is 0.488. The number of aromatic nitrogens is 4. The number of methoxy groups -OCH3 is 1. The summed E-state index contributed by atoms with van der Waals surface area (Å²) in [5, 5.41) is 15.4. The van der Waals surface area contributed by atoms with E-state index in [9.17, 15) is 0 Å². The van der Waals surface area contributed by atoms with E-state index in [1.54, 1.807) is 7.11 Å². The molecule has 1 heterocycles. The lowest BCUT2D eigenvalue weighted by molar-refractivity contribution is 0.198. The number of tetrazole rings is 1. The zero-order valence-corrected chi connectivity index (χ0v) is 11.1. The highest BCUT2D eigenvalue weighted by Crippen LogP contribution is 2.26. The Morgan fingerprint density at radius 1 is 1.28 bits per heavy atom. The molecular formula is C12H23N5O. The van der Waals surface area contributed by atoms with Crippen molar-refractivity contribution in [1.82, 2.24) is 25.5 Å². The molecule has 6 nitrogen and oxygen atoms in total. The second-order valence-corrected chi connectivity index (χ2v) is 4.85. The van der Waals surface area contributed by atoms with Crippen molar-refractivity contribution >= 4 is 0 Å². The van der Waals surface area contributed by atoms with E-state index in [-0.39, 0.29) is 0 Å². The fourth-order valence-corrected chi connectivity index (χ4v) is 2.49. The van der Waals surface area contributed by atoms with Crippen LogP contribution in [-0.4, -0.2) is 40.5 Å². The van der Waals surface area contributed by atoms with E-state index in [4.69, 9.17) is 4.74 Å². The summed E-state index contributed by atoms with van der Waals surface area (Å²) in [6.07, 6.45) is 7.69. The average molecular weight is 253 g/mol. The first-order valence-electron chi connectivity index (χ1n) is 6.88. The molecule has 0 spiro atoms. The number of hydrogen-bond acceptors (Lipinski definition) is 5. The van der Waals surface area contributed by atoms with Crippen LogP contribution in [0.25, 0.3) is 0 Å². The van der Waals surface area contributed by atoms with E-state index in [0.717, 1.165) is 12.4 Å². The smallest absolute Gasteiger partial charge is 0.165 e. The summed E-state index contributed by atoms with van der Waals surface area (Å²) in [4.78, 5) is 0. The van der Waals surface area contributed by atoms with Crippen molar-refractivity contribution in [2.75, 3.05) is 20.3 Å². The zero-order valence-electron chi connectivity index (χ0n) is 11.1. The van der Waals surface area contributed by atoms with Crippen LogP contribution in [0.1, 0.15) is 50.4 Å². The standard InChI is InChI=1S/C12H23N5O/c1-18-9-8-13-10-12-14-15-16-17(12)11-6-4-2-3-5-7-11/h11,13H,2-10H2,1H3. The van der Waals surface area contributed by atoms with Crippen molar-refractivity contribution in [3.05, 3.63) is 5.82 Å². The molecule has 0 amide bonds. The minimum Gasteiger partial charge on any atom is -0.383 e. The van der Waals surface area contributed by atoms with E-state index >= 15 is 0 Å². The summed E-state index contributed by atoms with van der Waals surface area (Å²) in [5.41, 5.74) is 0. The third kappa shape index (κ3) is 3.74. The Bertz CT molecular complexity index is 333. The predicted molar refractivity (Wildman–Crippen MR) is 68.1 cm³/mol. The monoisotopic (exact) mass is 253 g/mol. The van der Waals surface area contributed by atoms with Crippen LogP contribution < -0.4 is 5.32 Å². The van der Waals surface area contributed by atoms with Crippen LogP contribution in [0.3, 0.4) is 0 Å². The number of rotatable bonds is 6. The van der Waals surface area contributed by atoms with E-state index in [0.29, 0.717) is 19.2 Å². The summed E-state index contributed by atoms with van der Waals surface area (Å²) in [7, 11) is 1.71. The fraction of sp³-hybridized carbons (Fsp3) is 0.917. The van der Waals surface area contributed by atoms with Gasteiger partial charge in [0.1, 0.15) is 0 Å². The fourth-order valence-electron chi connectivity index (χ4n) is 2.49. The lowest BCUT2D eigenvalue weighted by Gasteiger charge is -2.15. The largest absolute Gasteiger partial charge is 0.383 e. The molecule has 0 aliphatic heterocycles. The zero-order chi connectivity index (χ0) is 12.6. The Labute approximate surface area is 108 Å². The van der Waals surface area contributed by atoms with Gasteiger partial charge in [-0.1, -0.05) is 25.7 Å². The normalized spacial score (nSPS) is 17.8. The van der Waals surface area contributed by atoms with Gasteiger partial charge in [0.05, 0.1) is 19.2 Å². The molecule has 0 bridgehead atoms. The molecule has 1 aliphatic carbocycles. The van der Waals surface area contributed by atoms with Crippen molar-refractivity contribution < 1.29 is 4.74 Å². The molecule has 1 aromatic heterocycles. The summed E-state index contributed by atoms with van der Waals surface area (Å²) < 4.78 is 7.02. The second kappa shape index (κ2) is 7.43. The lowest BCUT2D eigenvalue weighted by Crippen LogP contribution is -2.23. The first kappa shape index (κ1) is 13.4. The summed E-state index contributed by atoms with van der Waals surface area (Å²) in [5.74, 6) is 0.943. The van der Waals surface area contributed by atoms with Gasteiger partial charge >= 0.3 is 0 Å². The maximum atomic E-state index is 5.00. The highest BCUT2D eigenvalue weighted by molar-refractivity contribution is 4.84. The van der Waals surface area contributed by atoms with Crippen LogP contribution in [-0.2, 0) is 11.3 Å². The number of ether oxygens (including phenoxy) is 1. The molecule has 0 atom stereocenters. The molecule has 1 saturated carbocycles. The molecule has 1 aliphatic rings. The summed E-state index contributed by atoms with van der Waals surface area (Å²) in [6, 6.07) is 0.488. The van der Waals surface area contributed by atoms with Gasteiger partial charge in [0.15, 0.2) is 5.82 Å². The second-order valence-electron chi connectivity index (χ2n) is 4.85. The molecule has 2 rings (SSSR count). The van der Waals surface area contributed by atoms with E-state index in [1.807, 2.05) is 4.68 Å². The Hall–Kier alpha value is -1.01. The van der Waals surface area contributed by atoms with Gasteiger partial charge < -0.3 is 10.1 Å². The van der Waals surface area contributed by atoms with Gasteiger partial charge in [-0.3, -0.25) is 0 Å². The molecule has 1 fully saturated rings. The maximum absolute atomic E-state index is 5.00. The van der Waals surface area contributed by atoms with Gasteiger partial charge in [0.2, 0.25) is 0 Å².